The monoisotopic (exact) mass is 340 g/mol. The Labute approximate surface area is 150 Å². The van der Waals surface area contributed by atoms with Crippen LogP contribution in [0.4, 0.5) is 0 Å². The predicted molar refractivity (Wildman–Crippen MR) is 100 cm³/mol. The first kappa shape index (κ1) is 17.9. The van der Waals surface area contributed by atoms with Crippen molar-refractivity contribution in [3.8, 4) is 0 Å². The van der Waals surface area contributed by atoms with E-state index >= 15 is 0 Å². The fraction of sp³-hybridized carbons (Fsp3) is 0.524. The number of rotatable bonds is 6. The first-order valence-electron chi connectivity index (χ1n) is 9.22. The lowest BCUT2D eigenvalue weighted by atomic mass is 9.86. The van der Waals surface area contributed by atoms with E-state index < -0.39 is 0 Å². The molecule has 0 bridgehead atoms. The Balaban J connectivity index is 1.72. The van der Waals surface area contributed by atoms with Gasteiger partial charge in [-0.25, -0.2) is 0 Å². The van der Waals surface area contributed by atoms with Crippen LogP contribution in [0.1, 0.15) is 39.2 Å². The van der Waals surface area contributed by atoms with E-state index in [4.69, 9.17) is 4.74 Å². The van der Waals surface area contributed by atoms with Gasteiger partial charge in [-0.2, -0.15) is 0 Å². The minimum Gasteiger partial charge on any atom is -0.379 e. The van der Waals surface area contributed by atoms with E-state index in [0.29, 0.717) is 19.1 Å². The van der Waals surface area contributed by atoms with E-state index in [9.17, 15) is 4.79 Å². The Morgan fingerprint density at radius 3 is 2.88 bits per heavy atom. The topological polar surface area (TPSA) is 51.2 Å². The van der Waals surface area contributed by atoms with Crippen molar-refractivity contribution in [1.29, 1.82) is 0 Å². The number of benzene rings is 1. The molecular weight excluding hydrogens is 312 g/mol. The standard InChI is InChI=1S/C21H28N2O2/c1-4-10-21(2,3)20(24)23-19-14-25-13-16(19)12-15-9-11-22-18-8-6-5-7-17(15)18/h5-9,11,16,19H,4,10,12-14H2,1-3H3,(H,23,24)/t16-,19+/m1/s1. The summed E-state index contributed by atoms with van der Waals surface area (Å²) < 4.78 is 5.70. The van der Waals surface area contributed by atoms with Gasteiger partial charge in [-0.05, 0) is 30.5 Å². The third-order valence-corrected chi connectivity index (χ3v) is 5.23. The molecule has 3 rings (SSSR count). The minimum atomic E-state index is -0.328. The molecule has 1 saturated heterocycles. The predicted octanol–water partition coefficient (Wildman–Crippen LogP) is 3.73. The van der Waals surface area contributed by atoms with Crippen LogP contribution in [0.2, 0.25) is 0 Å². The summed E-state index contributed by atoms with van der Waals surface area (Å²) in [6.07, 6.45) is 4.66. The van der Waals surface area contributed by atoms with E-state index in [1.54, 1.807) is 0 Å². The minimum absolute atomic E-state index is 0.0792. The third kappa shape index (κ3) is 4.01. The van der Waals surface area contributed by atoms with Crippen LogP contribution in [0, 0.1) is 11.3 Å². The third-order valence-electron chi connectivity index (χ3n) is 5.23. The molecule has 0 radical (unpaired) electrons. The largest absolute Gasteiger partial charge is 0.379 e. The molecule has 2 heterocycles. The van der Waals surface area contributed by atoms with Crippen molar-refractivity contribution in [3.63, 3.8) is 0 Å². The summed E-state index contributed by atoms with van der Waals surface area (Å²) in [5.74, 6) is 0.432. The number of carbonyl (C=O) groups excluding carboxylic acids is 1. The number of amides is 1. The molecule has 1 aliphatic rings. The van der Waals surface area contributed by atoms with Crippen molar-refractivity contribution < 1.29 is 9.53 Å². The zero-order valence-electron chi connectivity index (χ0n) is 15.4. The number of fused-ring (bicyclic) bond motifs is 1. The summed E-state index contributed by atoms with van der Waals surface area (Å²) >= 11 is 0. The van der Waals surface area contributed by atoms with Gasteiger partial charge in [-0.15, -0.1) is 0 Å². The van der Waals surface area contributed by atoms with E-state index in [2.05, 4.69) is 29.4 Å². The van der Waals surface area contributed by atoms with Crippen LogP contribution in [0.5, 0.6) is 0 Å². The number of nitrogens with zero attached hydrogens (tertiary/aromatic N) is 1. The maximum Gasteiger partial charge on any atom is 0.225 e. The molecule has 4 nitrogen and oxygen atoms in total. The lowest BCUT2D eigenvalue weighted by molar-refractivity contribution is -0.130. The molecule has 1 aromatic carbocycles. The number of hydrogen-bond donors (Lipinski definition) is 1. The number of pyridine rings is 1. The summed E-state index contributed by atoms with van der Waals surface area (Å²) in [4.78, 5) is 17.1. The van der Waals surface area contributed by atoms with Crippen LogP contribution >= 0.6 is 0 Å². The van der Waals surface area contributed by atoms with E-state index in [1.165, 1.54) is 10.9 Å². The van der Waals surface area contributed by atoms with Crippen molar-refractivity contribution in [2.24, 2.45) is 11.3 Å². The van der Waals surface area contributed by atoms with Crippen molar-refractivity contribution in [2.45, 2.75) is 46.1 Å². The zero-order chi connectivity index (χ0) is 17.9. The van der Waals surface area contributed by atoms with E-state index in [-0.39, 0.29) is 17.4 Å². The molecule has 0 unspecified atom stereocenters. The normalized spacial score (nSPS) is 20.8. The Morgan fingerprint density at radius 1 is 1.28 bits per heavy atom. The summed E-state index contributed by atoms with van der Waals surface area (Å²) in [5, 5.41) is 4.43. The van der Waals surface area contributed by atoms with Crippen molar-refractivity contribution in [3.05, 3.63) is 42.1 Å². The second-order valence-corrected chi connectivity index (χ2v) is 7.70. The lowest BCUT2D eigenvalue weighted by Crippen LogP contribution is -2.46. The average molecular weight is 340 g/mol. The van der Waals surface area contributed by atoms with Gasteiger partial charge in [0.1, 0.15) is 0 Å². The van der Waals surface area contributed by atoms with E-state index in [0.717, 1.165) is 24.8 Å². The highest BCUT2D eigenvalue weighted by atomic mass is 16.5. The first-order valence-corrected chi connectivity index (χ1v) is 9.22. The summed E-state index contributed by atoms with van der Waals surface area (Å²) in [5.41, 5.74) is 1.96. The molecule has 1 fully saturated rings. The smallest absolute Gasteiger partial charge is 0.225 e. The molecule has 1 N–H and O–H groups in total. The van der Waals surface area contributed by atoms with Crippen molar-refractivity contribution >= 4 is 16.8 Å². The summed E-state index contributed by atoms with van der Waals surface area (Å²) in [7, 11) is 0. The van der Waals surface area contributed by atoms with Gasteiger partial charge in [0, 0.05) is 22.9 Å². The average Bonchev–Trinajstić information content (AvgIpc) is 3.02. The lowest BCUT2D eigenvalue weighted by Gasteiger charge is -2.27. The fourth-order valence-corrected chi connectivity index (χ4v) is 3.68. The molecule has 1 aromatic heterocycles. The Kier molecular flexibility index (Phi) is 5.38. The van der Waals surface area contributed by atoms with Gasteiger partial charge < -0.3 is 10.1 Å². The van der Waals surface area contributed by atoms with E-state index in [1.807, 2.05) is 38.2 Å². The number of para-hydroxylation sites is 1. The fourth-order valence-electron chi connectivity index (χ4n) is 3.68. The number of hydrogen-bond acceptors (Lipinski definition) is 3. The molecule has 134 valence electrons. The van der Waals surface area contributed by atoms with Crippen LogP contribution < -0.4 is 5.32 Å². The van der Waals surface area contributed by atoms with Gasteiger partial charge in [-0.1, -0.05) is 45.4 Å². The second kappa shape index (κ2) is 7.52. The molecule has 1 amide bonds. The van der Waals surface area contributed by atoms with Crippen LogP contribution in [0.25, 0.3) is 10.9 Å². The maximum absolute atomic E-state index is 12.6. The summed E-state index contributed by atoms with van der Waals surface area (Å²) in [6.45, 7) is 7.45. The van der Waals surface area contributed by atoms with Gasteiger partial charge in [-0.3, -0.25) is 9.78 Å². The Morgan fingerprint density at radius 2 is 2.08 bits per heavy atom. The first-order chi connectivity index (χ1) is 12.0. The molecule has 0 spiro atoms. The van der Waals surface area contributed by atoms with Crippen molar-refractivity contribution in [1.82, 2.24) is 10.3 Å². The molecule has 1 aliphatic heterocycles. The highest BCUT2D eigenvalue weighted by molar-refractivity contribution is 5.83. The summed E-state index contributed by atoms with van der Waals surface area (Å²) in [6, 6.07) is 10.4. The Hall–Kier alpha value is -1.94. The maximum atomic E-state index is 12.6. The molecule has 0 aliphatic carbocycles. The van der Waals surface area contributed by atoms with Crippen LogP contribution in [0.3, 0.4) is 0 Å². The van der Waals surface area contributed by atoms with Gasteiger partial charge in [0.05, 0.1) is 24.8 Å². The zero-order valence-corrected chi connectivity index (χ0v) is 15.4. The molecule has 0 saturated carbocycles. The van der Waals surface area contributed by atoms with Gasteiger partial charge >= 0.3 is 0 Å². The second-order valence-electron chi connectivity index (χ2n) is 7.70. The number of aromatic nitrogens is 1. The van der Waals surface area contributed by atoms with Crippen LogP contribution in [-0.4, -0.2) is 30.1 Å². The van der Waals surface area contributed by atoms with Crippen molar-refractivity contribution in [2.75, 3.05) is 13.2 Å². The molecular formula is C21H28N2O2. The van der Waals surface area contributed by atoms with Crippen LogP contribution in [0.15, 0.2) is 36.5 Å². The molecule has 4 heteroatoms. The SMILES string of the molecule is CCCC(C)(C)C(=O)N[C@H]1COC[C@H]1Cc1ccnc2ccccc12. The number of ether oxygens (including phenoxy) is 1. The van der Waals surface area contributed by atoms with Gasteiger partial charge in [0.2, 0.25) is 5.91 Å². The number of carbonyl (C=O) groups is 1. The highest BCUT2D eigenvalue weighted by Crippen LogP contribution is 2.27. The molecule has 25 heavy (non-hydrogen) atoms. The van der Waals surface area contributed by atoms with Gasteiger partial charge in [0.15, 0.2) is 0 Å². The number of nitrogens with one attached hydrogen (secondary N) is 1. The Bertz CT molecular complexity index is 736. The molecule has 2 aromatic rings. The molecule has 2 atom stereocenters. The highest BCUT2D eigenvalue weighted by Gasteiger charge is 2.34. The quantitative estimate of drug-likeness (QED) is 0.871. The van der Waals surface area contributed by atoms with Crippen LogP contribution in [-0.2, 0) is 16.0 Å². The van der Waals surface area contributed by atoms with Gasteiger partial charge in [0.25, 0.3) is 0 Å².